The molecule has 16 rings (SSSR count). The molecule has 117 heavy (non-hydrogen) atoms. The smallest absolute Gasteiger partial charge is 0.203 e. The Morgan fingerprint density at radius 1 is 0.231 bits per heavy atom. The third kappa shape index (κ3) is 19.6. The lowest BCUT2D eigenvalue weighted by atomic mass is 10.0. The van der Waals surface area contributed by atoms with Crippen molar-refractivity contribution in [2.24, 2.45) is 5.73 Å². The third-order valence-electron chi connectivity index (χ3n) is 22.5. The summed E-state index contributed by atoms with van der Waals surface area (Å²) < 4.78 is 16.2. The summed E-state index contributed by atoms with van der Waals surface area (Å²) in [5.41, 5.74) is 36.5. The van der Waals surface area contributed by atoms with E-state index in [9.17, 15) is 15.3 Å². The minimum atomic E-state index is -0.191. The number of rotatable bonds is 24. The van der Waals surface area contributed by atoms with Crippen molar-refractivity contribution in [3.63, 3.8) is 0 Å². The van der Waals surface area contributed by atoms with Gasteiger partial charge < -0.3 is 57.6 Å². The standard InChI is InChI=1S/2C26H29N3O.C25H28N4.C24H25N3O/c2*1-18-4-9-21(10-5-18)15-23(17-30)29-25-14-20(3)8-13-24(25)28(26(29)27)16-22-11-6-19(2)7-12-22;1-18-7-11-20(12-8-18)15-22(16-26)29-24-6-4-3-5-23(24)28(25(29)27)17-21-13-9-19(2)10-14-21;1-18-11-13-20(14-12-18)16-26-22-9-5-6-10-23(22)27(24(26)25)21(17-28)15-19-7-3-2-4-8-19/h2*4-14,23,27,30H,15-17H2,1-3H3;3-14,22,27H,15-17,26H2,1-2H3;2-14,21,25,28H,15-17H2,1H3. The second-order valence-electron chi connectivity index (χ2n) is 31.7. The first-order valence-electron chi connectivity index (χ1n) is 40.6. The Labute approximate surface area is 686 Å². The largest absolute Gasteiger partial charge is 0.394 e. The summed E-state index contributed by atoms with van der Waals surface area (Å²) in [5.74, 6) is 0. The summed E-state index contributed by atoms with van der Waals surface area (Å²) >= 11 is 0. The van der Waals surface area contributed by atoms with Crippen LogP contribution in [0.15, 0.2) is 285 Å². The van der Waals surface area contributed by atoms with Crippen LogP contribution in [-0.2, 0) is 51.9 Å². The SMILES string of the molecule is Cc1ccc(CC(CN)n2c(=N)n(Cc3ccc(C)cc3)c3ccccc32)cc1.Cc1ccc(CC(CO)n2c(=N)n(Cc3ccc(C)cc3)c3ccc(C)cc32)cc1.Cc1ccc(CC(CO)n2c(=N)n(Cc3ccc(C)cc3)c3ccc(C)cc32)cc1.Cc1ccc(Cn2c(=N)n(C(CO)Cc3ccccc3)c3ccccc32)cc1. The summed E-state index contributed by atoms with van der Waals surface area (Å²) in [6, 6.07) is 97.9. The average molecular weight is 1560 g/mol. The van der Waals surface area contributed by atoms with E-state index in [-0.39, 0.29) is 44.0 Å². The zero-order valence-corrected chi connectivity index (χ0v) is 68.9. The van der Waals surface area contributed by atoms with Gasteiger partial charge in [-0.1, -0.05) is 276 Å². The highest BCUT2D eigenvalue weighted by Crippen LogP contribution is 2.28. The van der Waals surface area contributed by atoms with Crippen LogP contribution in [0.4, 0.5) is 0 Å². The van der Waals surface area contributed by atoms with E-state index >= 15 is 0 Å². The van der Waals surface area contributed by atoms with Gasteiger partial charge in [-0.15, -0.1) is 0 Å². The fourth-order valence-electron chi connectivity index (χ4n) is 15.8. The second-order valence-corrected chi connectivity index (χ2v) is 31.7. The normalized spacial score (nSPS) is 12.4. The number of hydrogen-bond donors (Lipinski definition) is 8. The molecule has 4 aromatic heterocycles. The maximum absolute atomic E-state index is 10.3. The number of nitrogens with zero attached hydrogens (tertiary/aromatic N) is 8. The number of fused-ring (bicyclic) bond motifs is 4. The summed E-state index contributed by atoms with van der Waals surface area (Å²) in [6.45, 7) is 21.7. The highest BCUT2D eigenvalue weighted by Gasteiger charge is 2.25. The van der Waals surface area contributed by atoms with E-state index in [2.05, 4.69) is 308 Å². The number of aromatic nitrogens is 8. The van der Waals surface area contributed by atoms with Crippen molar-refractivity contribution in [2.45, 2.75) is 138 Å². The van der Waals surface area contributed by atoms with Gasteiger partial charge in [0.1, 0.15) is 0 Å². The van der Waals surface area contributed by atoms with Crippen molar-refractivity contribution in [2.75, 3.05) is 26.4 Å². The molecule has 16 heteroatoms. The molecule has 0 aliphatic rings. The summed E-state index contributed by atoms with van der Waals surface area (Å²) in [4.78, 5) is 0. The van der Waals surface area contributed by atoms with Crippen LogP contribution in [0.3, 0.4) is 0 Å². The van der Waals surface area contributed by atoms with Crippen LogP contribution in [0.2, 0.25) is 0 Å². The molecule has 0 bridgehead atoms. The second kappa shape index (κ2) is 37.9. The minimum Gasteiger partial charge on any atom is -0.394 e. The lowest BCUT2D eigenvalue weighted by Crippen LogP contribution is -2.32. The molecular formula is C101H111N13O3. The van der Waals surface area contributed by atoms with Gasteiger partial charge in [-0.3, -0.25) is 21.6 Å². The number of aliphatic hydroxyl groups excluding tert-OH is 3. The van der Waals surface area contributed by atoms with Gasteiger partial charge in [-0.05, 0) is 192 Å². The number of aryl methyl sites for hydroxylation is 9. The molecule has 598 valence electrons. The number of para-hydroxylation sites is 4. The van der Waals surface area contributed by atoms with Crippen molar-refractivity contribution in [1.82, 2.24) is 36.5 Å². The fraction of sp³-hybridized carbons (Fsp3) is 0.248. The van der Waals surface area contributed by atoms with E-state index in [0.717, 1.165) is 83.9 Å². The predicted molar refractivity (Wildman–Crippen MR) is 475 cm³/mol. The van der Waals surface area contributed by atoms with Crippen molar-refractivity contribution in [3.8, 4) is 0 Å². The van der Waals surface area contributed by atoms with Crippen LogP contribution in [0, 0.1) is 84.0 Å². The summed E-state index contributed by atoms with van der Waals surface area (Å²) in [7, 11) is 0. The monoisotopic (exact) mass is 1550 g/mol. The quantitative estimate of drug-likeness (QED) is 0.0296. The van der Waals surface area contributed by atoms with Crippen LogP contribution in [0.1, 0.15) is 119 Å². The average Bonchev–Trinajstić information content (AvgIpc) is 1.62. The Kier molecular flexibility index (Phi) is 26.7. The van der Waals surface area contributed by atoms with E-state index in [4.69, 9.17) is 27.4 Å². The van der Waals surface area contributed by atoms with Crippen molar-refractivity contribution >= 4 is 44.1 Å². The highest BCUT2D eigenvalue weighted by molar-refractivity contribution is 5.79. The van der Waals surface area contributed by atoms with Crippen LogP contribution in [-0.4, -0.2) is 78.2 Å². The number of aliphatic hydroxyl groups is 3. The van der Waals surface area contributed by atoms with Gasteiger partial charge in [0.05, 0.1) is 114 Å². The zero-order valence-electron chi connectivity index (χ0n) is 68.9. The van der Waals surface area contributed by atoms with Gasteiger partial charge >= 0.3 is 0 Å². The van der Waals surface area contributed by atoms with E-state index in [1.54, 1.807) is 0 Å². The van der Waals surface area contributed by atoms with Gasteiger partial charge in [0.2, 0.25) is 22.5 Å². The number of benzene rings is 12. The van der Waals surface area contributed by atoms with Crippen molar-refractivity contribution in [3.05, 3.63) is 402 Å². The first-order chi connectivity index (χ1) is 56.6. The molecule has 0 aliphatic heterocycles. The lowest BCUT2D eigenvalue weighted by Gasteiger charge is -2.18. The molecular weight excluding hydrogens is 1440 g/mol. The molecule has 0 amide bonds. The molecule has 0 radical (unpaired) electrons. The first kappa shape index (κ1) is 82.5. The number of nitrogens with one attached hydrogen (secondary N) is 4. The maximum atomic E-state index is 10.3. The topological polar surface area (TPSA) is 222 Å². The molecule has 4 heterocycles. The Bertz CT molecular complexity index is 6060. The van der Waals surface area contributed by atoms with Crippen LogP contribution < -0.4 is 28.2 Å². The van der Waals surface area contributed by atoms with Gasteiger partial charge in [0.15, 0.2) is 0 Å². The first-order valence-corrected chi connectivity index (χ1v) is 40.6. The Hall–Kier alpha value is -12.4. The molecule has 16 nitrogen and oxygen atoms in total. The Morgan fingerprint density at radius 2 is 0.436 bits per heavy atom. The van der Waals surface area contributed by atoms with Crippen LogP contribution >= 0.6 is 0 Å². The molecule has 4 atom stereocenters. The van der Waals surface area contributed by atoms with Crippen LogP contribution in [0.25, 0.3) is 44.1 Å². The highest BCUT2D eigenvalue weighted by atomic mass is 16.3. The van der Waals surface area contributed by atoms with E-state index in [0.29, 0.717) is 74.5 Å². The molecule has 0 spiro atoms. The van der Waals surface area contributed by atoms with E-state index in [1.807, 2.05) is 75.9 Å². The molecule has 4 unspecified atom stereocenters. The van der Waals surface area contributed by atoms with Crippen molar-refractivity contribution < 1.29 is 15.3 Å². The number of hydrogen-bond acceptors (Lipinski definition) is 8. The zero-order chi connectivity index (χ0) is 82.4. The lowest BCUT2D eigenvalue weighted by molar-refractivity contribution is 0.225. The van der Waals surface area contributed by atoms with Gasteiger partial charge in [-0.2, -0.15) is 0 Å². The Balaban J connectivity index is 0.000000136. The molecule has 9 N–H and O–H groups in total. The maximum Gasteiger partial charge on any atom is 0.203 e. The molecule has 0 fully saturated rings. The van der Waals surface area contributed by atoms with Gasteiger partial charge in [0, 0.05) is 6.54 Å². The Morgan fingerprint density at radius 3 is 0.701 bits per heavy atom. The molecule has 16 aromatic rings. The molecule has 0 saturated carbocycles. The number of nitrogens with two attached hydrogens (primary N) is 1. The summed E-state index contributed by atoms with van der Waals surface area (Å²) in [5, 5.41) is 66.5. The third-order valence-corrected chi connectivity index (χ3v) is 22.5. The molecule has 0 aliphatic carbocycles. The van der Waals surface area contributed by atoms with Gasteiger partial charge in [-0.25, -0.2) is 0 Å². The molecule has 0 saturated heterocycles. The van der Waals surface area contributed by atoms with Crippen LogP contribution in [0.5, 0.6) is 0 Å². The fourth-order valence-corrected chi connectivity index (χ4v) is 15.8. The van der Waals surface area contributed by atoms with Crippen molar-refractivity contribution in [1.29, 1.82) is 21.6 Å². The number of imidazole rings is 4. The van der Waals surface area contributed by atoms with Gasteiger partial charge in [0.25, 0.3) is 0 Å². The van der Waals surface area contributed by atoms with E-state index < -0.39 is 0 Å². The van der Waals surface area contributed by atoms with E-state index in [1.165, 1.54) is 61.2 Å². The minimum absolute atomic E-state index is 0.00994. The predicted octanol–water partition coefficient (Wildman–Crippen LogP) is 17.7. The molecule has 12 aromatic carbocycles. The summed E-state index contributed by atoms with van der Waals surface area (Å²) in [6.07, 6.45) is 2.87.